The molecule has 0 saturated heterocycles. The van der Waals surface area contributed by atoms with Crippen molar-refractivity contribution in [3.05, 3.63) is 87.9 Å². The molecule has 10 heteroatoms. The van der Waals surface area contributed by atoms with E-state index in [0.717, 1.165) is 12.0 Å². The van der Waals surface area contributed by atoms with E-state index in [1.807, 2.05) is 54.1 Å². The smallest absolute Gasteiger partial charge is 0.269 e. The van der Waals surface area contributed by atoms with Crippen molar-refractivity contribution in [3.8, 4) is 17.1 Å². The number of amides is 2. The number of aryl methyl sites for hydroxylation is 1. The second kappa shape index (κ2) is 9.29. The number of fused-ring (bicyclic) bond motifs is 2. The van der Waals surface area contributed by atoms with E-state index < -0.39 is 23.8 Å². The summed E-state index contributed by atoms with van der Waals surface area (Å²) in [5, 5.41) is 13.8. The molecule has 0 saturated carbocycles. The summed E-state index contributed by atoms with van der Waals surface area (Å²) < 4.78 is 22.5. The van der Waals surface area contributed by atoms with Crippen molar-refractivity contribution in [1.82, 2.24) is 15.1 Å². The molecule has 2 N–H and O–H groups in total. The molecule has 6 rings (SSSR count). The van der Waals surface area contributed by atoms with Crippen LogP contribution in [0, 0.1) is 5.82 Å². The van der Waals surface area contributed by atoms with Gasteiger partial charge in [0.15, 0.2) is 0 Å². The molecule has 2 aliphatic heterocycles. The van der Waals surface area contributed by atoms with Gasteiger partial charge < -0.3 is 15.4 Å². The third kappa shape index (κ3) is 4.19. The second-order valence-corrected chi connectivity index (χ2v) is 9.63. The Labute approximate surface area is 215 Å². The topological polar surface area (TPSA) is 97.6 Å². The third-order valence-corrected chi connectivity index (χ3v) is 7.01. The molecule has 2 aromatic carbocycles. The number of hydrogen-bond donors (Lipinski definition) is 2. The fraction of sp³-hybridized carbons (Fsp3) is 0.185. The zero-order chi connectivity index (χ0) is 25.5. The zero-order valence-corrected chi connectivity index (χ0v) is 20.6. The summed E-state index contributed by atoms with van der Waals surface area (Å²) in [6.07, 6.45) is -0.646. The lowest BCUT2D eigenvalue weighted by molar-refractivity contribution is -0.117. The molecule has 2 atom stereocenters. The first-order valence-electron chi connectivity index (χ1n) is 11.8. The Bertz CT molecular complexity index is 1530. The van der Waals surface area contributed by atoms with Crippen LogP contribution >= 0.6 is 11.3 Å². The minimum absolute atomic E-state index is 0.0193. The molecule has 186 valence electrons. The van der Waals surface area contributed by atoms with Gasteiger partial charge in [0.2, 0.25) is 12.0 Å². The largest absolute Gasteiger partial charge is 0.474 e. The molecule has 37 heavy (non-hydrogen) atoms. The molecule has 2 amide bonds. The Morgan fingerprint density at radius 2 is 2.00 bits per heavy atom. The van der Waals surface area contributed by atoms with Crippen molar-refractivity contribution in [1.29, 1.82) is 0 Å². The normalized spacial score (nSPS) is 18.5. The number of nitrogens with zero attached hydrogens (tertiary/aromatic N) is 3. The molecule has 0 fully saturated rings. The van der Waals surface area contributed by atoms with Gasteiger partial charge in [-0.3, -0.25) is 9.59 Å². The monoisotopic (exact) mass is 515 g/mol. The number of aliphatic imine (C=N–C) groups is 1. The van der Waals surface area contributed by atoms with Crippen LogP contribution in [0.3, 0.4) is 0 Å². The van der Waals surface area contributed by atoms with Crippen LogP contribution in [0.4, 0.5) is 10.1 Å². The number of carbonyl (C=O) groups is 2. The van der Waals surface area contributed by atoms with Gasteiger partial charge in [-0.1, -0.05) is 42.5 Å². The van der Waals surface area contributed by atoms with E-state index in [-0.39, 0.29) is 17.4 Å². The number of aromatic nitrogens is 2. The first-order valence-corrected chi connectivity index (χ1v) is 12.8. The highest BCUT2D eigenvalue weighted by Crippen LogP contribution is 2.35. The number of carbonyl (C=O) groups excluding carboxylic acids is 2. The molecule has 0 radical (unpaired) electrons. The van der Waals surface area contributed by atoms with Crippen LogP contribution in [0.15, 0.2) is 70.3 Å². The molecular weight excluding hydrogens is 493 g/mol. The number of halogens is 1. The van der Waals surface area contributed by atoms with Crippen molar-refractivity contribution in [2.45, 2.75) is 32.2 Å². The summed E-state index contributed by atoms with van der Waals surface area (Å²) in [5.41, 5.74) is 3.01. The number of anilines is 1. The number of nitrogens with one attached hydrogen (secondary N) is 2. The lowest BCUT2D eigenvalue weighted by atomic mass is 10.0. The van der Waals surface area contributed by atoms with Crippen LogP contribution in [-0.4, -0.2) is 39.6 Å². The van der Waals surface area contributed by atoms with Gasteiger partial charge in [-0.05, 0) is 24.4 Å². The van der Waals surface area contributed by atoms with Gasteiger partial charge in [0.05, 0.1) is 17.5 Å². The van der Waals surface area contributed by atoms with Crippen molar-refractivity contribution >= 4 is 34.6 Å². The number of ether oxygens (including phenoxy) is 1. The van der Waals surface area contributed by atoms with Crippen molar-refractivity contribution in [3.63, 3.8) is 0 Å². The van der Waals surface area contributed by atoms with Crippen LogP contribution in [0.2, 0.25) is 0 Å². The molecule has 0 spiro atoms. The Morgan fingerprint density at radius 1 is 1.16 bits per heavy atom. The van der Waals surface area contributed by atoms with E-state index in [9.17, 15) is 14.0 Å². The highest BCUT2D eigenvalue weighted by molar-refractivity contribution is 7.08. The molecule has 4 aromatic rings. The molecule has 2 aromatic heterocycles. The summed E-state index contributed by atoms with van der Waals surface area (Å²) in [6.45, 7) is 2.54. The van der Waals surface area contributed by atoms with E-state index in [0.29, 0.717) is 35.0 Å². The summed E-state index contributed by atoms with van der Waals surface area (Å²) in [7, 11) is 0. The molecule has 2 aliphatic rings. The van der Waals surface area contributed by atoms with Crippen LogP contribution in [0.5, 0.6) is 5.88 Å². The number of hydrogen-bond acceptors (Lipinski definition) is 6. The lowest BCUT2D eigenvalue weighted by Gasteiger charge is -2.22. The van der Waals surface area contributed by atoms with Gasteiger partial charge in [-0.25, -0.2) is 14.1 Å². The maximum atomic E-state index is 14.8. The first-order chi connectivity index (χ1) is 18.0. The highest BCUT2D eigenvalue weighted by atomic mass is 32.1. The molecule has 8 nitrogen and oxygen atoms in total. The standard InChI is InChI=1S/C27H22FN5O3S/c1-15-10-12-33-27(36-15)20(22(32-33)17-11-13-37-14-17)25(34)31-24-26(35)30-23-18(8-5-9-19(23)28)21(29-24)16-6-3-2-4-7-16/h2-9,11,13-15,24H,10,12H2,1H3,(H,30,35)(H,31,34)/t15?,24-/m1/s1. The Morgan fingerprint density at radius 3 is 2.78 bits per heavy atom. The van der Waals surface area contributed by atoms with E-state index in [1.165, 1.54) is 17.4 Å². The second-order valence-electron chi connectivity index (χ2n) is 8.85. The van der Waals surface area contributed by atoms with Gasteiger partial charge in [-0.15, -0.1) is 0 Å². The van der Waals surface area contributed by atoms with Gasteiger partial charge in [0.25, 0.3) is 11.8 Å². The fourth-order valence-electron chi connectivity index (χ4n) is 4.49. The maximum absolute atomic E-state index is 14.8. The van der Waals surface area contributed by atoms with E-state index in [1.54, 1.807) is 16.8 Å². The zero-order valence-electron chi connectivity index (χ0n) is 19.8. The number of benzene rings is 2. The fourth-order valence-corrected chi connectivity index (χ4v) is 5.14. The SMILES string of the molecule is CC1CCn2nc(-c3ccsc3)c(C(=O)N[C@H]3N=C(c4ccccc4)c4cccc(F)c4NC3=O)c2O1. The molecule has 4 heterocycles. The Kier molecular flexibility index (Phi) is 5.80. The lowest BCUT2D eigenvalue weighted by Crippen LogP contribution is -2.42. The highest BCUT2D eigenvalue weighted by Gasteiger charge is 2.34. The third-order valence-electron chi connectivity index (χ3n) is 6.33. The molecular formula is C27H22FN5O3S. The quantitative estimate of drug-likeness (QED) is 0.419. The summed E-state index contributed by atoms with van der Waals surface area (Å²) in [6, 6.07) is 15.5. The van der Waals surface area contributed by atoms with Gasteiger partial charge >= 0.3 is 0 Å². The van der Waals surface area contributed by atoms with Gasteiger partial charge in [0.1, 0.15) is 17.1 Å². The van der Waals surface area contributed by atoms with Crippen LogP contribution in [0.25, 0.3) is 11.3 Å². The molecule has 1 unspecified atom stereocenters. The van der Waals surface area contributed by atoms with Gasteiger partial charge in [0, 0.05) is 35.0 Å². The van der Waals surface area contributed by atoms with Crippen molar-refractivity contribution < 1.29 is 18.7 Å². The van der Waals surface area contributed by atoms with E-state index in [2.05, 4.69) is 20.7 Å². The van der Waals surface area contributed by atoms with E-state index in [4.69, 9.17) is 4.74 Å². The summed E-state index contributed by atoms with van der Waals surface area (Å²) >= 11 is 1.49. The van der Waals surface area contributed by atoms with Crippen LogP contribution in [0.1, 0.15) is 34.8 Å². The average Bonchev–Trinajstić information content (AvgIpc) is 3.53. The predicted molar refractivity (Wildman–Crippen MR) is 139 cm³/mol. The maximum Gasteiger partial charge on any atom is 0.269 e. The van der Waals surface area contributed by atoms with Crippen molar-refractivity contribution in [2.75, 3.05) is 5.32 Å². The molecule has 0 aliphatic carbocycles. The van der Waals surface area contributed by atoms with Crippen molar-refractivity contribution in [2.24, 2.45) is 4.99 Å². The first kappa shape index (κ1) is 23.1. The van der Waals surface area contributed by atoms with Crippen LogP contribution < -0.4 is 15.4 Å². The van der Waals surface area contributed by atoms with Crippen LogP contribution in [-0.2, 0) is 11.3 Å². The minimum Gasteiger partial charge on any atom is -0.474 e. The summed E-state index contributed by atoms with van der Waals surface area (Å²) in [5.74, 6) is -1.44. The Hall–Kier alpha value is -4.31. The summed E-state index contributed by atoms with van der Waals surface area (Å²) in [4.78, 5) is 31.6. The minimum atomic E-state index is -1.32. The average molecular weight is 516 g/mol. The van der Waals surface area contributed by atoms with E-state index >= 15 is 0 Å². The number of thiophene rings is 1. The number of para-hydroxylation sites is 1. The van der Waals surface area contributed by atoms with Gasteiger partial charge in [-0.2, -0.15) is 16.4 Å². The number of rotatable bonds is 4. The predicted octanol–water partition coefficient (Wildman–Crippen LogP) is 4.47. The number of benzodiazepines with no additional fused rings is 1. The molecule has 0 bridgehead atoms. The Balaban J connectivity index is 1.42.